The lowest BCUT2D eigenvalue weighted by atomic mass is 10.2. The number of pyridine rings is 1. The van der Waals surface area contributed by atoms with Gasteiger partial charge in [-0.05, 0) is 18.6 Å². The number of carbonyl (C=O) groups is 3. The third-order valence-electron chi connectivity index (χ3n) is 2.40. The lowest BCUT2D eigenvalue weighted by molar-refractivity contribution is -0.142. The maximum atomic E-state index is 11.5. The van der Waals surface area contributed by atoms with Crippen molar-refractivity contribution in [2.45, 2.75) is 19.5 Å². The second-order valence-electron chi connectivity index (χ2n) is 3.93. The number of hydrogen-bond acceptors (Lipinski definition) is 5. The van der Waals surface area contributed by atoms with E-state index in [1.54, 1.807) is 6.07 Å². The molecule has 0 fully saturated rings. The molecule has 0 aliphatic carbocycles. The smallest absolute Gasteiger partial charge is 0.354 e. The molecule has 0 aliphatic heterocycles. The van der Waals surface area contributed by atoms with Crippen molar-refractivity contribution >= 4 is 18.0 Å². The summed E-state index contributed by atoms with van der Waals surface area (Å²) in [6.45, 7) is 1.65. The number of carbonyl (C=O) groups excluding carboxylic acids is 2. The fourth-order valence-electron chi connectivity index (χ4n) is 1.32. The number of amides is 2. The first-order valence-electron chi connectivity index (χ1n) is 5.74. The highest BCUT2D eigenvalue weighted by Gasteiger charge is 2.15. The zero-order valence-corrected chi connectivity index (χ0v) is 11.0. The summed E-state index contributed by atoms with van der Waals surface area (Å²) in [6.07, 6.45) is 1.35. The van der Waals surface area contributed by atoms with Crippen molar-refractivity contribution in [2.75, 3.05) is 7.11 Å². The first-order valence-corrected chi connectivity index (χ1v) is 5.74. The number of carboxylic acids is 1. The summed E-state index contributed by atoms with van der Waals surface area (Å²) < 4.78 is 4.46. The average molecular weight is 281 g/mol. The molecule has 0 aromatic carbocycles. The molecule has 1 heterocycles. The minimum Gasteiger partial charge on any atom is -0.477 e. The molecule has 0 spiro atoms. The Kier molecular flexibility index (Phi) is 5.45. The van der Waals surface area contributed by atoms with Crippen LogP contribution >= 0.6 is 0 Å². The van der Waals surface area contributed by atoms with Crippen molar-refractivity contribution in [3.63, 3.8) is 0 Å². The van der Waals surface area contributed by atoms with Crippen LogP contribution in [0.2, 0.25) is 0 Å². The summed E-state index contributed by atoms with van der Waals surface area (Å²) in [5.74, 6) is -1.67. The van der Waals surface area contributed by atoms with Gasteiger partial charge in [-0.1, -0.05) is 6.07 Å². The van der Waals surface area contributed by atoms with Crippen molar-refractivity contribution in [1.29, 1.82) is 0 Å². The van der Waals surface area contributed by atoms with Gasteiger partial charge < -0.3 is 20.5 Å². The highest BCUT2D eigenvalue weighted by atomic mass is 16.5. The number of ether oxygens (including phenoxy) is 1. The Morgan fingerprint density at radius 2 is 2.10 bits per heavy atom. The molecule has 0 saturated heterocycles. The lowest BCUT2D eigenvalue weighted by Crippen LogP contribution is -2.44. The number of carboxylic acid groups (broad SMARTS) is 1. The normalized spacial score (nSPS) is 11.3. The van der Waals surface area contributed by atoms with Crippen LogP contribution in [0.4, 0.5) is 4.79 Å². The van der Waals surface area contributed by atoms with Crippen molar-refractivity contribution in [2.24, 2.45) is 0 Å². The number of urea groups is 1. The van der Waals surface area contributed by atoms with Crippen LogP contribution in [0.1, 0.15) is 23.0 Å². The third-order valence-corrected chi connectivity index (χ3v) is 2.40. The van der Waals surface area contributed by atoms with Crippen LogP contribution in [0.15, 0.2) is 18.3 Å². The van der Waals surface area contributed by atoms with Crippen LogP contribution in [0.5, 0.6) is 0 Å². The number of aromatic carboxylic acids is 1. The number of rotatable bonds is 5. The Balaban J connectivity index is 2.44. The summed E-state index contributed by atoms with van der Waals surface area (Å²) in [4.78, 5) is 36.9. The van der Waals surface area contributed by atoms with Gasteiger partial charge in [-0.15, -0.1) is 0 Å². The van der Waals surface area contributed by atoms with Crippen LogP contribution in [-0.4, -0.2) is 41.2 Å². The molecule has 3 N–H and O–H groups in total. The van der Waals surface area contributed by atoms with E-state index in [4.69, 9.17) is 5.11 Å². The molecule has 0 aliphatic rings. The van der Waals surface area contributed by atoms with Gasteiger partial charge in [-0.2, -0.15) is 0 Å². The van der Waals surface area contributed by atoms with E-state index in [-0.39, 0.29) is 12.2 Å². The molecule has 1 unspecified atom stereocenters. The second-order valence-corrected chi connectivity index (χ2v) is 3.93. The molecule has 0 radical (unpaired) electrons. The second kappa shape index (κ2) is 7.07. The topological polar surface area (TPSA) is 118 Å². The molecule has 8 heteroatoms. The highest BCUT2D eigenvalue weighted by Crippen LogP contribution is 2.00. The molecule has 2 amide bonds. The molecule has 20 heavy (non-hydrogen) atoms. The van der Waals surface area contributed by atoms with E-state index in [1.165, 1.54) is 26.3 Å². The van der Waals surface area contributed by atoms with Gasteiger partial charge in [0.2, 0.25) is 0 Å². The average Bonchev–Trinajstić information content (AvgIpc) is 2.44. The van der Waals surface area contributed by atoms with E-state index in [0.29, 0.717) is 5.56 Å². The molecule has 0 bridgehead atoms. The summed E-state index contributed by atoms with van der Waals surface area (Å²) in [5, 5.41) is 13.6. The van der Waals surface area contributed by atoms with Gasteiger partial charge in [0.15, 0.2) is 0 Å². The Labute approximate surface area is 115 Å². The highest BCUT2D eigenvalue weighted by molar-refractivity contribution is 5.85. The van der Waals surface area contributed by atoms with E-state index in [9.17, 15) is 14.4 Å². The molecule has 1 atom stereocenters. The lowest BCUT2D eigenvalue weighted by Gasteiger charge is -2.12. The Morgan fingerprint density at radius 3 is 2.60 bits per heavy atom. The zero-order valence-electron chi connectivity index (χ0n) is 11.0. The van der Waals surface area contributed by atoms with Crippen molar-refractivity contribution in [3.8, 4) is 0 Å². The fraction of sp³-hybridized carbons (Fsp3) is 0.333. The summed E-state index contributed by atoms with van der Waals surface area (Å²) >= 11 is 0. The van der Waals surface area contributed by atoms with E-state index in [2.05, 4.69) is 20.4 Å². The summed E-state index contributed by atoms with van der Waals surface area (Å²) in [7, 11) is 1.23. The monoisotopic (exact) mass is 281 g/mol. The van der Waals surface area contributed by atoms with E-state index < -0.39 is 24.0 Å². The van der Waals surface area contributed by atoms with Gasteiger partial charge in [-0.3, -0.25) is 0 Å². The number of methoxy groups -OCH3 is 1. The first kappa shape index (κ1) is 15.4. The molecular formula is C12H15N3O5. The molecule has 1 aromatic rings. The third kappa shape index (κ3) is 4.56. The van der Waals surface area contributed by atoms with E-state index in [1.807, 2.05) is 0 Å². The minimum absolute atomic E-state index is 0.0717. The van der Waals surface area contributed by atoms with Crippen LogP contribution in [0.3, 0.4) is 0 Å². The predicted octanol–water partition coefficient (Wildman–Crippen LogP) is 0.140. The summed E-state index contributed by atoms with van der Waals surface area (Å²) in [6, 6.07) is 1.59. The van der Waals surface area contributed by atoms with E-state index >= 15 is 0 Å². The number of hydrogen-bond donors (Lipinski definition) is 3. The minimum atomic E-state index is -1.12. The molecule has 0 saturated carbocycles. The summed E-state index contributed by atoms with van der Waals surface area (Å²) in [5.41, 5.74) is 0.563. The molecule has 1 aromatic heterocycles. The number of aromatic nitrogens is 1. The van der Waals surface area contributed by atoms with Crippen molar-refractivity contribution in [3.05, 3.63) is 29.6 Å². The van der Waals surface area contributed by atoms with Crippen molar-refractivity contribution < 1.29 is 24.2 Å². The maximum absolute atomic E-state index is 11.5. The van der Waals surface area contributed by atoms with Gasteiger partial charge in [-0.25, -0.2) is 19.4 Å². The van der Waals surface area contributed by atoms with Gasteiger partial charge in [0.1, 0.15) is 11.7 Å². The van der Waals surface area contributed by atoms with Gasteiger partial charge in [0, 0.05) is 12.7 Å². The van der Waals surface area contributed by atoms with Crippen LogP contribution in [0.25, 0.3) is 0 Å². The number of nitrogens with zero attached hydrogens (tertiary/aromatic N) is 1. The number of nitrogens with one attached hydrogen (secondary N) is 2. The molecule has 8 nitrogen and oxygen atoms in total. The van der Waals surface area contributed by atoms with Gasteiger partial charge in [0.25, 0.3) is 0 Å². The van der Waals surface area contributed by atoms with Crippen LogP contribution < -0.4 is 10.6 Å². The van der Waals surface area contributed by atoms with Gasteiger partial charge in [0.05, 0.1) is 7.11 Å². The Morgan fingerprint density at radius 1 is 1.40 bits per heavy atom. The molecule has 108 valence electrons. The zero-order chi connectivity index (χ0) is 15.1. The van der Waals surface area contributed by atoms with Gasteiger partial charge >= 0.3 is 18.0 Å². The van der Waals surface area contributed by atoms with Crippen LogP contribution in [0, 0.1) is 0 Å². The maximum Gasteiger partial charge on any atom is 0.354 e. The van der Waals surface area contributed by atoms with Crippen molar-refractivity contribution in [1.82, 2.24) is 15.6 Å². The van der Waals surface area contributed by atoms with Crippen LogP contribution in [-0.2, 0) is 16.1 Å². The number of esters is 1. The Hall–Kier alpha value is -2.64. The standard InChI is InChI=1S/C12H15N3O5/c1-7(11(18)20-2)15-12(19)14-6-8-3-4-9(10(16)17)13-5-8/h3-5,7H,6H2,1-2H3,(H,16,17)(H2,14,15,19). The molecule has 1 rings (SSSR count). The molecular weight excluding hydrogens is 266 g/mol. The quantitative estimate of drug-likeness (QED) is 0.661. The Bertz CT molecular complexity index is 500. The first-order chi connectivity index (χ1) is 9.43. The predicted molar refractivity (Wildman–Crippen MR) is 68.0 cm³/mol. The SMILES string of the molecule is COC(=O)C(C)NC(=O)NCc1ccc(C(=O)O)nc1. The largest absolute Gasteiger partial charge is 0.477 e. The van der Waals surface area contributed by atoms with E-state index in [0.717, 1.165) is 0 Å². The fourth-order valence-corrected chi connectivity index (χ4v) is 1.32.